The van der Waals surface area contributed by atoms with E-state index in [4.69, 9.17) is 0 Å². The van der Waals surface area contributed by atoms with Gasteiger partial charge in [0, 0.05) is 30.6 Å². The van der Waals surface area contributed by atoms with Crippen molar-refractivity contribution in [3.8, 4) is 22.4 Å². The Hall–Kier alpha value is -3.27. The van der Waals surface area contributed by atoms with Gasteiger partial charge in [0.05, 0.1) is 0 Å². The molecule has 24 heavy (non-hydrogen) atoms. The summed E-state index contributed by atoms with van der Waals surface area (Å²) in [6.45, 7) is 0. The van der Waals surface area contributed by atoms with E-state index in [1.165, 1.54) is 10.8 Å². The van der Waals surface area contributed by atoms with Crippen LogP contribution < -0.4 is 5.32 Å². The second kappa shape index (κ2) is 6.08. The van der Waals surface area contributed by atoms with Gasteiger partial charge in [0.1, 0.15) is 11.5 Å². The molecule has 4 rings (SSSR count). The van der Waals surface area contributed by atoms with Crippen molar-refractivity contribution in [1.29, 1.82) is 0 Å². The molecule has 0 atom stereocenters. The Balaban J connectivity index is 2.01. The van der Waals surface area contributed by atoms with Crippen LogP contribution in [0.3, 0.4) is 0 Å². The van der Waals surface area contributed by atoms with Gasteiger partial charge < -0.3 is 5.32 Å². The molecule has 0 saturated heterocycles. The number of hydrogen-bond donors (Lipinski definition) is 1. The molecule has 2 aromatic heterocycles. The van der Waals surface area contributed by atoms with Crippen molar-refractivity contribution in [3.63, 3.8) is 0 Å². The molecule has 4 nitrogen and oxygen atoms in total. The summed E-state index contributed by atoms with van der Waals surface area (Å²) < 4.78 is 0. The van der Waals surface area contributed by atoms with Crippen molar-refractivity contribution in [2.24, 2.45) is 0 Å². The Bertz CT molecular complexity index is 991. The lowest BCUT2D eigenvalue weighted by Crippen LogP contribution is -1.99. The summed E-state index contributed by atoms with van der Waals surface area (Å²) in [6.07, 6.45) is 3.59. The zero-order valence-corrected chi connectivity index (χ0v) is 13.3. The largest absolute Gasteiger partial charge is 0.372 e. The summed E-state index contributed by atoms with van der Waals surface area (Å²) in [5, 5.41) is 14.2. The molecular weight excluding hydrogens is 296 g/mol. The van der Waals surface area contributed by atoms with E-state index in [1.807, 2.05) is 37.4 Å². The van der Waals surface area contributed by atoms with Gasteiger partial charge >= 0.3 is 0 Å². The minimum Gasteiger partial charge on any atom is -0.372 e. The Kier molecular flexibility index (Phi) is 3.63. The lowest BCUT2D eigenvalue weighted by Gasteiger charge is -2.12. The minimum absolute atomic E-state index is 0.741. The van der Waals surface area contributed by atoms with Crippen LogP contribution in [-0.2, 0) is 0 Å². The van der Waals surface area contributed by atoms with Gasteiger partial charge in [-0.2, -0.15) is 0 Å². The first kappa shape index (κ1) is 14.3. The molecule has 0 fully saturated rings. The van der Waals surface area contributed by atoms with Crippen LogP contribution in [0.5, 0.6) is 0 Å². The van der Waals surface area contributed by atoms with Crippen molar-refractivity contribution < 1.29 is 0 Å². The van der Waals surface area contributed by atoms with Crippen LogP contribution in [0.4, 0.5) is 5.82 Å². The summed E-state index contributed by atoms with van der Waals surface area (Å²) in [5.74, 6) is 0.741. The normalized spacial score (nSPS) is 10.7. The van der Waals surface area contributed by atoms with Crippen LogP contribution in [0, 0.1) is 0 Å². The monoisotopic (exact) mass is 312 g/mol. The Morgan fingerprint density at radius 1 is 0.792 bits per heavy atom. The molecule has 0 aliphatic carbocycles. The van der Waals surface area contributed by atoms with Gasteiger partial charge in [0.15, 0.2) is 0 Å². The zero-order valence-electron chi connectivity index (χ0n) is 13.3. The number of benzene rings is 2. The van der Waals surface area contributed by atoms with Crippen molar-refractivity contribution in [2.75, 3.05) is 12.4 Å². The number of nitrogens with zero attached hydrogens (tertiary/aromatic N) is 3. The van der Waals surface area contributed by atoms with Gasteiger partial charge in [-0.1, -0.05) is 42.5 Å². The SMILES string of the molecule is CNc1cc(-c2ccncc2)c(-c2cccc3ccccc23)nn1. The number of aromatic nitrogens is 3. The van der Waals surface area contributed by atoms with Crippen molar-refractivity contribution in [1.82, 2.24) is 15.2 Å². The van der Waals surface area contributed by atoms with E-state index in [0.717, 1.165) is 28.2 Å². The van der Waals surface area contributed by atoms with E-state index < -0.39 is 0 Å². The first-order valence-corrected chi connectivity index (χ1v) is 7.81. The fraction of sp³-hybridized carbons (Fsp3) is 0.0500. The maximum Gasteiger partial charge on any atom is 0.149 e. The number of rotatable bonds is 3. The smallest absolute Gasteiger partial charge is 0.149 e. The quantitative estimate of drug-likeness (QED) is 0.609. The standard InChI is InChI=1S/C20H16N4/c1-21-19-13-18(15-9-11-22-12-10-15)20(24-23-19)17-8-4-6-14-5-2-3-7-16(14)17/h2-13H,1H3,(H,21,23). The first-order valence-electron chi connectivity index (χ1n) is 7.81. The maximum absolute atomic E-state index is 4.51. The number of anilines is 1. The molecule has 0 radical (unpaired) electrons. The van der Waals surface area contributed by atoms with Crippen molar-refractivity contribution in [2.45, 2.75) is 0 Å². The van der Waals surface area contributed by atoms with E-state index >= 15 is 0 Å². The van der Waals surface area contributed by atoms with E-state index in [9.17, 15) is 0 Å². The summed E-state index contributed by atoms with van der Waals surface area (Å²) in [6, 6.07) is 20.6. The van der Waals surface area contributed by atoms with E-state index in [1.54, 1.807) is 12.4 Å². The number of nitrogens with one attached hydrogen (secondary N) is 1. The minimum atomic E-state index is 0.741. The second-order valence-electron chi connectivity index (χ2n) is 5.50. The van der Waals surface area contributed by atoms with E-state index in [-0.39, 0.29) is 0 Å². The first-order chi connectivity index (χ1) is 11.9. The van der Waals surface area contributed by atoms with Crippen LogP contribution >= 0.6 is 0 Å². The van der Waals surface area contributed by atoms with Crippen molar-refractivity contribution in [3.05, 3.63) is 73.1 Å². The average Bonchev–Trinajstić information content (AvgIpc) is 2.68. The predicted octanol–water partition coefficient (Wildman–Crippen LogP) is 4.40. The van der Waals surface area contributed by atoms with E-state index in [2.05, 4.69) is 50.8 Å². The van der Waals surface area contributed by atoms with Crippen LogP contribution in [0.25, 0.3) is 33.2 Å². The van der Waals surface area contributed by atoms with Gasteiger partial charge in [0.25, 0.3) is 0 Å². The summed E-state index contributed by atoms with van der Waals surface area (Å²) in [7, 11) is 1.85. The summed E-state index contributed by atoms with van der Waals surface area (Å²) >= 11 is 0. The Labute approximate surface area is 140 Å². The van der Waals surface area contributed by atoms with Gasteiger partial charge in [-0.05, 0) is 34.5 Å². The molecule has 0 bridgehead atoms. The fourth-order valence-corrected chi connectivity index (χ4v) is 2.90. The molecule has 0 amide bonds. The summed E-state index contributed by atoms with van der Waals surface area (Å²) in [4.78, 5) is 4.11. The van der Waals surface area contributed by atoms with Crippen LogP contribution in [0.15, 0.2) is 73.1 Å². The molecule has 2 aromatic carbocycles. The topological polar surface area (TPSA) is 50.7 Å². The highest BCUT2D eigenvalue weighted by molar-refractivity contribution is 5.99. The average molecular weight is 312 g/mol. The molecule has 0 saturated carbocycles. The lowest BCUT2D eigenvalue weighted by atomic mass is 9.96. The third-order valence-electron chi connectivity index (χ3n) is 4.09. The highest BCUT2D eigenvalue weighted by atomic mass is 15.2. The van der Waals surface area contributed by atoms with Crippen LogP contribution in [-0.4, -0.2) is 22.2 Å². The molecule has 4 heteroatoms. The molecule has 0 unspecified atom stereocenters. The number of hydrogen-bond acceptors (Lipinski definition) is 4. The number of fused-ring (bicyclic) bond motifs is 1. The van der Waals surface area contributed by atoms with Crippen LogP contribution in [0.1, 0.15) is 0 Å². The lowest BCUT2D eigenvalue weighted by molar-refractivity contribution is 1.04. The van der Waals surface area contributed by atoms with Gasteiger partial charge in [0.2, 0.25) is 0 Å². The fourth-order valence-electron chi connectivity index (χ4n) is 2.90. The van der Waals surface area contributed by atoms with Crippen LogP contribution in [0.2, 0.25) is 0 Å². The zero-order chi connectivity index (χ0) is 16.4. The van der Waals surface area contributed by atoms with Gasteiger partial charge in [-0.3, -0.25) is 4.98 Å². The molecule has 1 N–H and O–H groups in total. The Morgan fingerprint density at radius 2 is 1.58 bits per heavy atom. The predicted molar refractivity (Wildman–Crippen MR) is 97.8 cm³/mol. The highest BCUT2D eigenvalue weighted by Gasteiger charge is 2.13. The molecule has 0 aliphatic heterocycles. The third-order valence-corrected chi connectivity index (χ3v) is 4.09. The van der Waals surface area contributed by atoms with Gasteiger partial charge in [-0.15, -0.1) is 10.2 Å². The maximum atomic E-state index is 4.51. The molecule has 0 aliphatic rings. The van der Waals surface area contributed by atoms with Gasteiger partial charge in [-0.25, -0.2) is 0 Å². The molecule has 0 spiro atoms. The molecule has 4 aromatic rings. The van der Waals surface area contributed by atoms with Crippen molar-refractivity contribution >= 4 is 16.6 Å². The third kappa shape index (κ3) is 2.48. The summed E-state index contributed by atoms with van der Waals surface area (Å²) in [5.41, 5.74) is 4.06. The Morgan fingerprint density at radius 3 is 2.42 bits per heavy atom. The molecule has 116 valence electrons. The highest BCUT2D eigenvalue weighted by Crippen LogP contribution is 2.35. The molecular formula is C20H16N4. The molecule has 2 heterocycles. The van der Waals surface area contributed by atoms with E-state index in [0.29, 0.717) is 0 Å². The number of pyridine rings is 1. The second-order valence-corrected chi connectivity index (χ2v) is 5.50.